The Morgan fingerprint density at radius 2 is 1.26 bits per heavy atom. The van der Waals surface area contributed by atoms with Crippen molar-refractivity contribution in [3.8, 4) is 0 Å². The molecule has 0 heterocycles. The van der Waals surface area contributed by atoms with Crippen molar-refractivity contribution in [1.82, 2.24) is 0 Å². The summed E-state index contributed by atoms with van der Waals surface area (Å²) in [6.07, 6.45) is 26.0. The monoisotopic (exact) mass is 322 g/mol. The summed E-state index contributed by atoms with van der Waals surface area (Å²) in [5, 5.41) is 0. The van der Waals surface area contributed by atoms with Gasteiger partial charge in [0.25, 0.3) is 0 Å². The molecule has 0 aromatic carbocycles. The molecule has 0 atom stereocenters. The van der Waals surface area contributed by atoms with E-state index in [9.17, 15) is 4.79 Å². The number of hydrogen-bond donors (Lipinski definition) is 0. The molecule has 2 heteroatoms. The number of esters is 1. The molecule has 0 saturated heterocycles. The minimum atomic E-state index is -0.0786. The van der Waals surface area contributed by atoms with Crippen LogP contribution < -0.4 is 0 Å². The smallest absolute Gasteiger partial charge is 0.305 e. The van der Waals surface area contributed by atoms with E-state index in [1.54, 1.807) is 0 Å². The zero-order valence-corrected chi connectivity index (χ0v) is 15.5. The molecule has 0 spiro atoms. The number of rotatable bonds is 16. The van der Waals surface area contributed by atoms with Crippen molar-refractivity contribution in [2.24, 2.45) is 0 Å². The Kier molecular flexibility index (Phi) is 18.1. The van der Waals surface area contributed by atoms with Gasteiger partial charge in [0, 0.05) is 6.42 Å². The molecule has 0 aromatic heterocycles. The van der Waals surface area contributed by atoms with Crippen LogP contribution in [0.2, 0.25) is 0 Å². The van der Waals surface area contributed by atoms with Crippen LogP contribution in [-0.4, -0.2) is 13.1 Å². The molecule has 0 amide bonds. The van der Waals surface area contributed by atoms with Crippen LogP contribution in [0.1, 0.15) is 96.8 Å². The fourth-order valence-corrected chi connectivity index (χ4v) is 2.54. The molecule has 0 N–H and O–H groups in total. The number of carbonyl (C=O) groups excluding carboxylic acids is 1. The summed E-state index contributed by atoms with van der Waals surface area (Å²) < 4.78 is 4.63. The summed E-state index contributed by atoms with van der Waals surface area (Å²) in [7, 11) is 1.46. The molecular weight excluding hydrogens is 284 g/mol. The normalized spacial score (nSPS) is 11.6. The SMILES string of the molecule is CCCCCCC=CCC=CCCCCCCCCC(=O)OC. The summed E-state index contributed by atoms with van der Waals surface area (Å²) in [4.78, 5) is 10.9. The highest BCUT2D eigenvalue weighted by atomic mass is 16.5. The summed E-state index contributed by atoms with van der Waals surface area (Å²) in [5.41, 5.74) is 0. The Labute approximate surface area is 144 Å². The van der Waals surface area contributed by atoms with E-state index < -0.39 is 0 Å². The number of methoxy groups -OCH3 is 1. The average Bonchev–Trinajstić information content (AvgIpc) is 2.57. The van der Waals surface area contributed by atoms with Gasteiger partial charge in [0.05, 0.1) is 7.11 Å². The maximum absolute atomic E-state index is 10.9. The van der Waals surface area contributed by atoms with E-state index in [2.05, 4.69) is 36.0 Å². The standard InChI is InChI=1S/C21H38O2/c1-3-4-5-6-7-8-9-10-11-12-13-14-15-16-17-18-19-20-21(22)23-2/h8-9,11-12H,3-7,10,13-20H2,1-2H3. The summed E-state index contributed by atoms with van der Waals surface area (Å²) >= 11 is 0. The van der Waals surface area contributed by atoms with Crippen LogP contribution in [0.3, 0.4) is 0 Å². The van der Waals surface area contributed by atoms with Crippen LogP contribution in [0, 0.1) is 0 Å². The zero-order chi connectivity index (χ0) is 17.0. The second kappa shape index (κ2) is 19.0. The predicted octanol–water partition coefficient (Wildman–Crippen LogP) is 6.75. The Bertz CT molecular complexity index is 305. The quantitative estimate of drug-likeness (QED) is 0.178. The summed E-state index contributed by atoms with van der Waals surface area (Å²) in [6, 6.07) is 0. The van der Waals surface area contributed by atoms with E-state index in [-0.39, 0.29) is 5.97 Å². The van der Waals surface area contributed by atoms with Crippen LogP contribution in [0.25, 0.3) is 0 Å². The van der Waals surface area contributed by atoms with E-state index in [1.165, 1.54) is 71.3 Å². The van der Waals surface area contributed by atoms with Gasteiger partial charge in [0.15, 0.2) is 0 Å². The molecule has 0 aliphatic rings. The molecule has 2 nitrogen and oxygen atoms in total. The molecule has 0 saturated carbocycles. The number of allylic oxidation sites excluding steroid dienone is 4. The van der Waals surface area contributed by atoms with Crippen molar-refractivity contribution >= 4 is 5.97 Å². The lowest BCUT2D eigenvalue weighted by Gasteiger charge is -2.00. The second-order valence-electron chi connectivity index (χ2n) is 6.26. The third kappa shape index (κ3) is 18.9. The fraction of sp³-hybridized carbons (Fsp3) is 0.762. The first-order chi connectivity index (χ1) is 11.3. The van der Waals surface area contributed by atoms with Gasteiger partial charge in [0.2, 0.25) is 0 Å². The lowest BCUT2D eigenvalue weighted by molar-refractivity contribution is -0.140. The lowest BCUT2D eigenvalue weighted by atomic mass is 10.1. The first-order valence-electron chi connectivity index (χ1n) is 9.68. The van der Waals surface area contributed by atoms with Crippen LogP contribution in [0.4, 0.5) is 0 Å². The maximum Gasteiger partial charge on any atom is 0.305 e. The van der Waals surface area contributed by atoms with Gasteiger partial charge in [-0.1, -0.05) is 76.2 Å². The maximum atomic E-state index is 10.9. The first kappa shape index (κ1) is 21.9. The lowest BCUT2D eigenvalue weighted by Crippen LogP contribution is -1.99. The first-order valence-corrected chi connectivity index (χ1v) is 9.68. The van der Waals surface area contributed by atoms with Crippen molar-refractivity contribution in [1.29, 1.82) is 0 Å². The van der Waals surface area contributed by atoms with Gasteiger partial charge in [-0.3, -0.25) is 4.79 Å². The zero-order valence-electron chi connectivity index (χ0n) is 15.5. The third-order valence-corrected chi connectivity index (χ3v) is 4.06. The molecule has 23 heavy (non-hydrogen) atoms. The molecular formula is C21H38O2. The molecule has 134 valence electrons. The van der Waals surface area contributed by atoms with E-state index in [1.807, 2.05) is 0 Å². The minimum absolute atomic E-state index is 0.0786. The van der Waals surface area contributed by atoms with Gasteiger partial charge >= 0.3 is 5.97 Å². The fourth-order valence-electron chi connectivity index (χ4n) is 2.54. The Morgan fingerprint density at radius 1 is 0.739 bits per heavy atom. The molecule has 0 aromatic rings. The molecule has 0 rings (SSSR count). The summed E-state index contributed by atoms with van der Waals surface area (Å²) in [6.45, 7) is 2.26. The van der Waals surface area contributed by atoms with Gasteiger partial charge in [-0.25, -0.2) is 0 Å². The number of hydrogen-bond acceptors (Lipinski definition) is 2. The molecule has 0 fully saturated rings. The molecule has 0 aliphatic heterocycles. The van der Waals surface area contributed by atoms with Crippen LogP contribution in [0.5, 0.6) is 0 Å². The van der Waals surface area contributed by atoms with Crippen molar-refractivity contribution in [2.75, 3.05) is 7.11 Å². The molecule has 0 unspecified atom stereocenters. The highest BCUT2D eigenvalue weighted by molar-refractivity contribution is 5.68. The van der Waals surface area contributed by atoms with Crippen molar-refractivity contribution in [2.45, 2.75) is 96.8 Å². The van der Waals surface area contributed by atoms with E-state index >= 15 is 0 Å². The predicted molar refractivity (Wildman–Crippen MR) is 101 cm³/mol. The number of unbranched alkanes of at least 4 members (excludes halogenated alkanes) is 10. The van der Waals surface area contributed by atoms with Gasteiger partial charge < -0.3 is 4.74 Å². The van der Waals surface area contributed by atoms with E-state index in [0.29, 0.717) is 6.42 Å². The highest BCUT2D eigenvalue weighted by Crippen LogP contribution is 2.09. The highest BCUT2D eigenvalue weighted by Gasteiger charge is 1.98. The Balaban J connectivity index is 3.19. The average molecular weight is 323 g/mol. The topological polar surface area (TPSA) is 26.3 Å². The van der Waals surface area contributed by atoms with Crippen LogP contribution in [0.15, 0.2) is 24.3 Å². The molecule has 0 radical (unpaired) electrons. The van der Waals surface area contributed by atoms with Gasteiger partial charge in [-0.2, -0.15) is 0 Å². The summed E-state index contributed by atoms with van der Waals surface area (Å²) in [5.74, 6) is -0.0786. The minimum Gasteiger partial charge on any atom is -0.469 e. The molecule has 0 bridgehead atoms. The van der Waals surface area contributed by atoms with Crippen LogP contribution >= 0.6 is 0 Å². The van der Waals surface area contributed by atoms with Crippen molar-refractivity contribution in [3.63, 3.8) is 0 Å². The van der Waals surface area contributed by atoms with E-state index in [0.717, 1.165) is 19.3 Å². The Hall–Kier alpha value is -1.05. The van der Waals surface area contributed by atoms with Crippen molar-refractivity contribution < 1.29 is 9.53 Å². The van der Waals surface area contributed by atoms with E-state index in [4.69, 9.17) is 0 Å². The van der Waals surface area contributed by atoms with Crippen molar-refractivity contribution in [3.05, 3.63) is 24.3 Å². The van der Waals surface area contributed by atoms with Gasteiger partial charge in [-0.05, 0) is 38.5 Å². The third-order valence-electron chi connectivity index (χ3n) is 4.06. The Morgan fingerprint density at radius 3 is 1.83 bits per heavy atom. The van der Waals surface area contributed by atoms with Gasteiger partial charge in [-0.15, -0.1) is 0 Å². The number of carbonyl (C=O) groups is 1. The molecule has 0 aliphatic carbocycles. The van der Waals surface area contributed by atoms with Gasteiger partial charge in [0.1, 0.15) is 0 Å². The largest absolute Gasteiger partial charge is 0.469 e. The van der Waals surface area contributed by atoms with Crippen LogP contribution in [-0.2, 0) is 9.53 Å². The number of ether oxygens (including phenoxy) is 1. The second-order valence-corrected chi connectivity index (χ2v) is 6.26.